The summed E-state index contributed by atoms with van der Waals surface area (Å²) in [6.07, 6.45) is 0. The van der Waals surface area contributed by atoms with E-state index in [1.54, 1.807) is 0 Å². The Balaban J connectivity index is 1.85. The van der Waals surface area contributed by atoms with Gasteiger partial charge in [-0.3, -0.25) is 0 Å². The van der Waals surface area contributed by atoms with Gasteiger partial charge in [0.1, 0.15) is 0 Å². The lowest BCUT2D eigenvalue weighted by molar-refractivity contribution is 0.366. The van der Waals surface area contributed by atoms with Gasteiger partial charge < -0.3 is 0 Å². The highest BCUT2D eigenvalue weighted by Gasteiger charge is 2.51. The third kappa shape index (κ3) is 2.82. The fourth-order valence-corrected chi connectivity index (χ4v) is 7.15. The minimum absolute atomic E-state index is 0.156. The Kier molecular flexibility index (Phi) is 5.15. The van der Waals surface area contributed by atoms with Gasteiger partial charge in [-0.1, -0.05) is 96.9 Å². The first-order valence-electron chi connectivity index (χ1n) is 11.3. The first kappa shape index (κ1) is 21.6. The lowest BCUT2D eigenvalue weighted by Crippen LogP contribution is -2.37. The zero-order chi connectivity index (χ0) is 22.8. The van der Waals surface area contributed by atoms with Crippen molar-refractivity contribution in [1.82, 2.24) is 0 Å². The smallest absolute Gasteiger partial charge is 0.0479 e. The highest BCUT2D eigenvalue weighted by Crippen LogP contribution is 2.63. The van der Waals surface area contributed by atoms with Crippen LogP contribution in [0, 0.1) is 13.8 Å². The second-order valence-corrected chi connectivity index (χ2v) is 10.3. The summed E-state index contributed by atoms with van der Waals surface area (Å²) in [7, 11) is 0. The minimum Gasteiger partial charge on any atom is -0.0837 e. The van der Waals surface area contributed by atoms with Crippen LogP contribution >= 0.6 is 23.2 Å². The van der Waals surface area contributed by atoms with Crippen LogP contribution in [0.5, 0.6) is 0 Å². The number of hydrogen-bond donors (Lipinski definition) is 0. The van der Waals surface area contributed by atoms with Gasteiger partial charge in [0.2, 0.25) is 0 Å². The maximum atomic E-state index is 7.03. The van der Waals surface area contributed by atoms with Crippen LogP contribution in [0.4, 0.5) is 0 Å². The summed E-state index contributed by atoms with van der Waals surface area (Å²) >= 11 is 14.1. The minimum atomic E-state index is -0.256. The molecule has 0 radical (unpaired) electrons. The number of fused-ring (bicyclic) bond motifs is 2. The van der Waals surface area contributed by atoms with Gasteiger partial charge in [0.15, 0.2) is 0 Å². The standard InChI is InChI=1S/C30H28Cl2/c1-17-11-9-15-22-24(17)28(31)19(3)26(22)30(5,21-13-7-6-8-14-21)27-20(4)29(32)25-18(2)12-10-16-23(25)27/h6-16,26-27H,1-5H3. The lowest BCUT2D eigenvalue weighted by atomic mass is 9.58. The Bertz CT molecular complexity index is 1210. The number of aryl methyl sites for hydroxylation is 2. The molecule has 3 aromatic carbocycles. The molecule has 0 spiro atoms. The maximum Gasteiger partial charge on any atom is 0.0479 e. The van der Waals surface area contributed by atoms with E-state index in [1.807, 2.05) is 0 Å². The molecule has 2 atom stereocenters. The molecular weight excluding hydrogens is 431 g/mol. The van der Waals surface area contributed by atoms with E-state index in [-0.39, 0.29) is 17.3 Å². The molecule has 162 valence electrons. The van der Waals surface area contributed by atoms with Crippen molar-refractivity contribution in [2.24, 2.45) is 0 Å². The van der Waals surface area contributed by atoms with Gasteiger partial charge in [-0.15, -0.1) is 0 Å². The molecule has 2 aliphatic carbocycles. The van der Waals surface area contributed by atoms with Gasteiger partial charge in [-0.25, -0.2) is 0 Å². The fraction of sp³-hybridized carbons (Fsp3) is 0.267. The molecule has 0 nitrogen and oxygen atoms in total. The number of allylic oxidation sites excluding steroid dienone is 2. The Labute approximate surface area is 201 Å². The normalized spacial score (nSPS) is 21.6. The summed E-state index contributed by atoms with van der Waals surface area (Å²) in [5.74, 6) is 0.311. The maximum absolute atomic E-state index is 7.03. The van der Waals surface area contributed by atoms with Crippen LogP contribution in [-0.2, 0) is 5.41 Å². The summed E-state index contributed by atoms with van der Waals surface area (Å²) in [4.78, 5) is 0. The van der Waals surface area contributed by atoms with E-state index in [0.717, 1.165) is 10.1 Å². The molecule has 3 aromatic rings. The highest BCUT2D eigenvalue weighted by atomic mass is 35.5. The van der Waals surface area contributed by atoms with E-state index >= 15 is 0 Å². The first-order chi connectivity index (χ1) is 15.3. The average molecular weight is 459 g/mol. The third-order valence-corrected chi connectivity index (χ3v) is 8.80. The Morgan fingerprint density at radius 2 is 1.03 bits per heavy atom. The second-order valence-electron chi connectivity index (χ2n) is 9.59. The van der Waals surface area contributed by atoms with E-state index in [9.17, 15) is 0 Å². The summed E-state index contributed by atoms with van der Waals surface area (Å²) in [6.45, 7) is 11.1. The molecule has 0 aliphatic heterocycles. The highest BCUT2D eigenvalue weighted by molar-refractivity contribution is 6.50. The Hall–Kier alpha value is -2.28. The van der Waals surface area contributed by atoms with E-state index in [2.05, 4.69) is 101 Å². The summed E-state index contributed by atoms with van der Waals surface area (Å²) < 4.78 is 0. The molecule has 0 amide bonds. The van der Waals surface area contributed by atoms with Crippen LogP contribution in [-0.4, -0.2) is 0 Å². The monoisotopic (exact) mass is 458 g/mol. The van der Waals surface area contributed by atoms with E-state index < -0.39 is 0 Å². The molecule has 2 unspecified atom stereocenters. The van der Waals surface area contributed by atoms with E-state index in [4.69, 9.17) is 23.2 Å². The fourth-order valence-electron chi connectivity index (χ4n) is 6.42. The average Bonchev–Trinajstić information content (AvgIpc) is 3.20. The molecule has 0 saturated heterocycles. The largest absolute Gasteiger partial charge is 0.0837 e. The number of rotatable bonds is 3. The summed E-state index contributed by atoms with van der Waals surface area (Å²) in [5, 5.41) is 1.81. The van der Waals surface area contributed by atoms with Crippen molar-refractivity contribution in [3.05, 3.63) is 117 Å². The van der Waals surface area contributed by atoms with Crippen LogP contribution < -0.4 is 0 Å². The molecule has 0 heterocycles. The molecule has 0 N–H and O–H groups in total. The van der Waals surface area contributed by atoms with E-state index in [0.29, 0.717) is 0 Å². The van der Waals surface area contributed by atoms with Gasteiger partial charge in [-0.2, -0.15) is 0 Å². The Morgan fingerprint density at radius 3 is 1.47 bits per heavy atom. The molecule has 5 rings (SSSR count). The number of hydrogen-bond acceptors (Lipinski definition) is 0. The molecule has 0 saturated carbocycles. The molecular formula is C30H28Cl2. The Morgan fingerprint density at radius 1 is 0.594 bits per heavy atom. The van der Waals surface area contributed by atoms with Crippen LogP contribution in [0.25, 0.3) is 10.1 Å². The van der Waals surface area contributed by atoms with Crippen LogP contribution in [0.15, 0.2) is 77.9 Å². The molecule has 32 heavy (non-hydrogen) atoms. The van der Waals surface area contributed by atoms with Crippen molar-refractivity contribution < 1.29 is 0 Å². The summed E-state index contributed by atoms with van der Waals surface area (Å²) in [5.41, 5.74) is 11.1. The van der Waals surface area contributed by atoms with Crippen molar-refractivity contribution in [2.45, 2.75) is 51.9 Å². The van der Waals surface area contributed by atoms with Crippen LogP contribution in [0.3, 0.4) is 0 Å². The van der Waals surface area contributed by atoms with Crippen molar-refractivity contribution in [3.63, 3.8) is 0 Å². The second kappa shape index (κ2) is 7.65. The quantitative estimate of drug-likeness (QED) is 0.366. The molecule has 0 fully saturated rings. The zero-order valence-electron chi connectivity index (χ0n) is 19.3. The van der Waals surface area contributed by atoms with Gasteiger partial charge in [0, 0.05) is 27.3 Å². The zero-order valence-corrected chi connectivity index (χ0v) is 20.8. The summed E-state index contributed by atoms with van der Waals surface area (Å²) in [6, 6.07) is 24.1. The van der Waals surface area contributed by atoms with Crippen molar-refractivity contribution in [3.8, 4) is 0 Å². The van der Waals surface area contributed by atoms with Gasteiger partial charge in [0.25, 0.3) is 0 Å². The SMILES string of the molecule is CC1=C(Cl)c2c(C)cccc2C1C(C)(c1ccccc1)C1C(C)=C(Cl)c2c(C)cccc21. The molecule has 2 heteroatoms. The first-order valence-corrected chi connectivity index (χ1v) is 12.0. The van der Waals surface area contributed by atoms with Gasteiger partial charge >= 0.3 is 0 Å². The van der Waals surface area contributed by atoms with Gasteiger partial charge in [-0.05, 0) is 77.8 Å². The van der Waals surface area contributed by atoms with Crippen LogP contribution in [0.1, 0.15) is 71.6 Å². The molecule has 0 bridgehead atoms. The lowest BCUT2D eigenvalue weighted by Gasteiger charge is -2.44. The van der Waals surface area contributed by atoms with E-state index in [1.165, 1.54) is 50.1 Å². The van der Waals surface area contributed by atoms with Crippen molar-refractivity contribution in [2.75, 3.05) is 0 Å². The third-order valence-electron chi connectivity index (χ3n) is 7.82. The topological polar surface area (TPSA) is 0 Å². The predicted octanol–water partition coefficient (Wildman–Crippen LogP) is 9.10. The predicted molar refractivity (Wildman–Crippen MR) is 139 cm³/mol. The molecule has 0 aromatic heterocycles. The van der Waals surface area contributed by atoms with Crippen molar-refractivity contribution in [1.29, 1.82) is 0 Å². The van der Waals surface area contributed by atoms with Crippen LogP contribution in [0.2, 0.25) is 0 Å². The molecule has 2 aliphatic rings. The number of benzene rings is 3. The van der Waals surface area contributed by atoms with Gasteiger partial charge in [0.05, 0.1) is 0 Å². The number of halogens is 2. The van der Waals surface area contributed by atoms with Crippen molar-refractivity contribution >= 4 is 33.3 Å².